The molecule has 1 fully saturated rings. The van der Waals surface area contributed by atoms with E-state index in [-0.39, 0.29) is 12.4 Å². The normalized spacial score (nSPS) is 15.1. The predicted octanol–water partition coefficient (Wildman–Crippen LogP) is 2.33. The molecule has 0 N–H and O–H groups in total. The fraction of sp³-hybridized carbons (Fsp3) is 0.455. The molecule has 1 heterocycles. The third kappa shape index (κ3) is 2.69. The van der Waals surface area contributed by atoms with Gasteiger partial charge in [0.25, 0.3) is 0 Å². The number of methoxy groups -OCH3 is 1. The molecule has 0 amide bonds. The fourth-order valence-electron chi connectivity index (χ4n) is 1.50. The number of pyridine rings is 1. The van der Waals surface area contributed by atoms with Gasteiger partial charge in [0.05, 0.1) is 13.5 Å². The average Bonchev–Trinajstić information content (AvgIpc) is 2.99. The highest BCUT2D eigenvalue weighted by Crippen LogP contribution is 2.39. The zero-order valence-corrected chi connectivity index (χ0v) is 9.25. The summed E-state index contributed by atoms with van der Waals surface area (Å²) in [7, 11) is 1.38. The summed E-state index contributed by atoms with van der Waals surface area (Å²) in [6.07, 6.45) is 2.61. The highest BCUT2D eigenvalue weighted by molar-refractivity contribution is 6.29. The van der Waals surface area contributed by atoms with Crippen molar-refractivity contribution in [1.29, 1.82) is 0 Å². The van der Waals surface area contributed by atoms with Crippen LogP contribution in [-0.2, 0) is 16.0 Å². The van der Waals surface area contributed by atoms with Crippen LogP contribution in [0.15, 0.2) is 12.1 Å². The van der Waals surface area contributed by atoms with Gasteiger partial charge < -0.3 is 4.74 Å². The summed E-state index contributed by atoms with van der Waals surface area (Å²) >= 11 is 5.89. The van der Waals surface area contributed by atoms with E-state index in [1.165, 1.54) is 20.0 Å². The summed E-state index contributed by atoms with van der Waals surface area (Å²) in [5.41, 5.74) is 1.88. The average molecular weight is 226 g/mol. The van der Waals surface area contributed by atoms with Crippen LogP contribution >= 0.6 is 11.6 Å². The molecule has 0 radical (unpaired) electrons. The lowest BCUT2D eigenvalue weighted by molar-refractivity contribution is -0.139. The molecule has 1 aliphatic rings. The van der Waals surface area contributed by atoms with Gasteiger partial charge in [0.1, 0.15) is 5.15 Å². The molecule has 0 saturated heterocycles. The molecule has 15 heavy (non-hydrogen) atoms. The summed E-state index contributed by atoms with van der Waals surface area (Å²) in [5.74, 6) is 0.291. The number of hydrogen-bond donors (Lipinski definition) is 0. The molecule has 0 bridgehead atoms. The zero-order valence-electron chi connectivity index (χ0n) is 8.50. The van der Waals surface area contributed by atoms with Crippen LogP contribution in [-0.4, -0.2) is 18.1 Å². The highest BCUT2D eigenvalue weighted by atomic mass is 35.5. The minimum atomic E-state index is -0.251. The Hall–Kier alpha value is -1.09. The van der Waals surface area contributed by atoms with Crippen molar-refractivity contribution in [2.75, 3.05) is 7.11 Å². The van der Waals surface area contributed by atoms with Crippen molar-refractivity contribution in [1.82, 2.24) is 4.98 Å². The first-order valence-electron chi connectivity index (χ1n) is 4.92. The van der Waals surface area contributed by atoms with Gasteiger partial charge >= 0.3 is 5.97 Å². The van der Waals surface area contributed by atoms with E-state index in [1.54, 1.807) is 6.07 Å². The Kier molecular flexibility index (Phi) is 2.91. The Labute approximate surface area is 93.4 Å². The van der Waals surface area contributed by atoms with Crippen LogP contribution in [0.5, 0.6) is 0 Å². The molecule has 0 unspecified atom stereocenters. The maximum absolute atomic E-state index is 11.1. The van der Waals surface area contributed by atoms with Crippen LogP contribution in [0.25, 0.3) is 0 Å². The number of carbonyl (C=O) groups is 1. The van der Waals surface area contributed by atoms with Gasteiger partial charge in [-0.05, 0) is 30.5 Å². The Morgan fingerprint density at radius 2 is 2.33 bits per heavy atom. The Morgan fingerprint density at radius 1 is 1.60 bits per heavy atom. The second-order valence-corrected chi connectivity index (χ2v) is 4.14. The molecule has 80 valence electrons. The van der Waals surface area contributed by atoms with Gasteiger partial charge in [-0.2, -0.15) is 0 Å². The van der Waals surface area contributed by atoms with Crippen molar-refractivity contribution in [2.45, 2.75) is 25.2 Å². The second kappa shape index (κ2) is 4.19. The quantitative estimate of drug-likeness (QED) is 0.586. The van der Waals surface area contributed by atoms with Gasteiger partial charge in [0.2, 0.25) is 0 Å². The first-order chi connectivity index (χ1) is 7.19. The summed E-state index contributed by atoms with van der Waals surface area (Å²) < 4.78 is 4.61. The summed E-state index contributed by atoms with van der Waals surface area (Å²) in [6, 6.07) is 3.66. The molecule has 0 aromatic carbocycles. The van der Waals surface area contributed by atoms with Crippen molar-refractivity contribution in [2.24, 2.45) is 0 Å². The lowest BCUT2D eigenvalue weighted by Gasteiger charge is -2.04. The van der Waals surface area contributed by atoms with Gasteiger partial charge in [0, 0.05) is 11.6 Å². The second-order valence-electron chi connectivity index (χ2n) is 3.75. The lowest BCUT2D eigenvalue weighted by atomic mass is 10.1. The standard InChI is InChI=1S/C11H12ClNO2/c1-15-11(14)6-7-4-9(8-2-3-8)13-10(12)5-7/h4-5,8H,2-3,6H2,1H3. The number of esters is 1. The number of ether oxygens (including phenoxy) is 1. The minimum absolute atomic E-state index is 0.251. The molecular weight excluding hydrogens is 214 g/mol. The molecule has 2 rings (SSSR count). The zero-order chi connectivity index (χ0) is 10.8. The van der Waals surface area contributed by atoms with E-state index < -0.39 is 0 Å². The van der Waals surface area contributed by atoms with Crippen molar-refractivity contribution < 1.29 is 9.53 Å². The van der Waals surface area contributed by atoms with Crippen LogP contribution in [0, 0.1) is 0 Å². The molecule has 3 nitrogen and oxygen atoms in total. The SMILES string of the molecule is COC(=O)Cc1cc(Cl)nc(C2CC2)c1. The van der Waals surface area contributed by atoms with E-state index >= 15 is 0 Å². The Balaban J connectivity index is 2.19. The Bertz CT molecular complexity index is 388. The number of aromatic nitrogens is 1. The molecule has 1 aromatic rings. The molecule has 1 aromatic heterocycles. The summed E-state index contributed by atoms with van der Waals surface area (Å²) in [5, 5.41) is 0.457. The topological polar surface area (TPSA) is 39.2 Å². The van der Waals surface area contributed by atoms with Crippen LogP contribution < -0.4 is 0 Å². The van der Waals surface area contributed by atoms with Gasteiger partial charge in [-0.15, -0.1) is 0 Å². The van der Waals surface area contributed by atoms with Crippen molar-refractivity contribution in [3.05, 3.63) is 28.5 Å². The van der Waals surface area contributed by atoms with Crippen molar-refractivity contribution in [3.8, 4) is 0 Å². The number of halogens is 1. The van der Waals surface area contributed by atoms with Gasteiger partial charge in [-0.1, -0.05) is 11.6 Å². The van der Waals surface area contributed by atoms with Gasteiger partial charge in [-0.25, -0.2) is 4.98 Å². The van der Waals surface area contributed by atoms with Gasteiger partial charge in [0.15, 0.2) is 0 Å². The minimum Gasteiger partial charge on any atom is -0.469 e. The first kappa shape index (κ1) is 10.4. The largest absolute Gasteiger partial charge is 0.469 e. The summed E-state index contributed by atoms with van der Waals surface area (Å²) in [4.78, 5) is 15.3. The summed E-state index contributed by atoms with van der Waals surface area (Å²) in [6.45, 7) is 0. The van der Waals surface area contributed by atoms with Crippen LogP contribution in [0.4, 0.5) is 0 Å². The predicted molar refractivity (Wildman–Crippen MR) is 56.9 cm³/mol. The van der Waals surface area contributed by atoms with Crippen LogP contribution in [0.2, 0.25) is 5.15 Å². The third-order valence-corrected chi connectivity index (χ3v) is 2.64. The van der Waals surface area contributed by atoms with Crippen molar-refractivity contribution >= 4 is 17.6 Å². The number of hydrogen-bond acceptors (Lipinski definition) is 3. The number of carbonyl (C=O) groups excluding carboxylic acids is 1. The monoisotopic (exact) mass is 225 g/mol. The molecule has 0 spiro atoms. The maximum atomic E-state index is 11.1. The van der Waals surface area contributed by atoms with E-state index in [1.807, 2.05) is 6.07 Å². The maximum Gasteiger partial charge on any atom is 0.309 e. The molecular formula is C11H12ClNO2. The van der Waals surface area contributed by atoms with Crippen LogP contribution in [0.3, 0.4) is 0 Å². The lowest BCUT2D eigenvalue weighted by Crippen LogP contribution is -2.05. The number of nitrogens with zero attached hydrogens (tertiary/aromatic N) is 1. The van der Waals surface area contributed by atoms with E-state index in [4.69, 9.17) is 11.6 Å². The molecule has 1 aliphatic carbocycles. The van der Waals surface area contributed by atoms with Crippen molar-refractivity contribution in [3.63, 3.8) is 0 Å². The third-order valence-electron chi connectivity index (χ3n) is 2.45. The highest BCUT2D eigenvalue weighted by Gasteiger charge is 2.25. The van der Waals surface area contributed by atoms with E-state index in [0.29, 0.717) is 11.1 Å². The molecule has 0 aliphatic heterocycles. The fourth-order valence-corrected chi connectivity index (χ4v) is 1.74. The van der Waals surface area contributed by atoms with E-state index in [9.17, 15) is 4.79 Å². The van der Waals surface area contributed by atoms with Crippen LogP contribution in [0.1, 0.15) is 30.0 Å². The van der Waals surface area contributed by atoms with E-state index in [0.717, 1.165) is 11.3 Å². The smallest absolute Gasteiger partial charge is 0.309 e. The molecule has 1 saturated carbocycles. The number of rotatable bonds is 3. The molecule has 4 heteroatoms. The van der Waals surface area contributed by atoms with E-state index in [2.05, 4.69) is 9.72 Å². The first-order valence-corrected chi connectivity index (χ1v) is 5.30. The molecule has 0 atom stereocenters. The Morgan fingerprint density at radius 3 is 2.93 bits per heavy atom. The van der Waals surface area contributed by atoms with Gasteiger partial charge in [-0.3, -0.25) is 4.79 Å².